The molecule has 1 saturated heterocycles. The van der Waals surface area contributed by atoms with E-state index in [0.717, 1.165) is 55.2 Å². The molecule has 1 atom stereocenters. The summed E-state index contributed by atoms with van der Waals surface area (Å²) in [6.07, 6.45) is 6.27. The molecule has 1 N–H and O–H groups in total. The highest BCUT2D eigenvalue weighted by Gasteiger charge is 2.21. The number of nitrogens with zero attached hydrogens (tertiary/aromatic N) is 4. The number of imidazole rings is 1. The minimum Gasteiger partial charge on any atom is -0.357 e. The number of fused-ring (bicyclic) bond motifs is 1. The van der Waals surface area contributed by atoms with E-state index in [0.29, 0.717) is 0 Å². The highest BCUT2D eigenvalue weighted by atomic mass is 32.2. The lowest BCUT2D eigenvalue weighted by Crippen LogP contribution is -2.48. The summed E-state index contributed by atoms with van der Waals surface area (Å²) in [6, 6.07) is 4.17. The SMILES string of the molecule is CCNC(=NCCc1cn2cccc(C)c2n1)N1CCSC(CC)C1. The molecule has 0 aliphatic carbocycles. The number of aromatic nitrogens is 2. The van der Waals surface area contributed by atoms with Crippen LogP contribution in [0, 0.1) is 6.92 Å². The molecule has 6 heteroatoms. The molecular weight excluding hydrogens is 330 g/mol. The molecule has 0 bridgehead atoms. The van der Waals surface area contributed by atoms with Crippen molar-refractivity contribution in [3.8, 4) is 0 Å². The Morgan fingerprint density at radius 3 is 3.08 bits per heavy atom. The zero-order valence-corrected chi connectivity index (χ0v) is 16.4. The van der Waals surface area contributed by atoms with Crippen LogP contribution in [0.15, 0.2) is 29.5 Å². The van der Waals surface area contributed by atoms with E-state index in [2.05, 4.69) is 71.7 Å². The quantitative estimate of drug-likeness (QED) is 0.658. The molecule has 3 heterocycles. The second kappa shape index (κ2) is 8.61. The molecule has 25 heavy (non-hydrogen) atoms. The maximum absolute atomic E-state index is 4.87. The van der Waals surface area contributed by atoms with Crippen molar-refractivity contribution in [3.05, 3.63) is 35.8 Å². The Kier molecular flexibility index (Phi) is 6.24. The molecule has 0 saturated carbocycles. The van der Waals surface area contributed by atoms with Crippen molar-refractivity contribution in [1.29, 1.82) is 0 Å². The number of rotatable bonds is 5. The number of hydrogen-bond acceptors (Lipinski definition) is 3. The van der Waals surface area contributed by atoms with Crippen LogP contribution in [-0.2, 0) is 6.42 Å². The highest BCUT2D eigenvalue weighted by Crippen LogP contribution is 2.21. The third-order valence-electron chi connectivity index (χ3n) is 4.59. The lowest BCUT2D eigenvalue weighted by atomic mass is 10.3. The topological polar surface area (TPSA) is 44.9 Å². The smallest absolute Gasteiger partial charge is 0.193 e. The second-order valence-corrected chi connectivity index (χ2v) is 7.90. The van der Waals surface area contributed by atoms with Gasteiger partial charge in [-0.1, -0.05) is 13.0 Å². The van der Waals surface area contributed by atoms with Gasteiger partial charge in [0.25, 0.3) is 0 Å². The summed E-state index contributed by atoms with van der Waals surface area (Å²) in [5.74, 6) is 2.25. The fourth-order valence-corrected chi connectivity index (χ4v) is 4.37. The number of thioether (sulfide) groups is 1. The zero-order valence-electron chi connectivity index (χ0n) is 15.5. The molecule has 2 aromatic heterocycles. The number of aryl methyl sites for hydroxylation is 1. The summed E-state index contributed by atoms with van der Waals surface area (Å²) in [4.78, 5) is 12.0. The lowest BCUT2D eigenvalue weighted by molar-refractivity contribution is 0.408. The number of hydrogen-bond donors (Lipinski definition) is 1. The Morgan fingerprint density at radius 1 is 1.44 bits per heavy atom. The van der Waals surface area contributed by atoms with Crippen molar-refractivity contribution in [2.45, 2.75) is 38.9 Å². The van der Waals surface area contributed by atoms with Crippen LogP contribution in [-0.4, -0.2) is 57.4 Å². The molecule has 0 spiro atoms. The van der Waals surface area contributed by atoms with Crippen LogP contribution in [0.2, 0.25) is 0 Å². The van der Waals surface area contributed by atoms with Gasteiger partial charge < -0.3 is 14.6 Å². The van der Waals surface area contributed by atoms with E-state index >= 15 is 0 Å². The van der Waals surface area contributed by atoms with Crippen molar-refractivity contribution in [2.24, 2.45) is 4.99 Å². The largest absolute Gasteiger partial charge is 0.357 e. The maximum Gasteiger partial charge on any atom is 0.193 e. The summed E-state index contributed by atoms with van der Waals surface area (Å²) in [5.41, 5.74) is 3.36. The molecule has 0 amide bonds. The summed E-state index contributed by atoms with van der Waals surface area (Å²) in [6.45, 7) is 10.4. The Morgan fingerprint density at radius 2 is 2.32 bits per heavy atom. The fraction of sp³-hybridized carbons (Fsp3) is 0.579. The third-order valence-corrected chi connectivity index (χ3v) is 5.96. The number of guanidine groups is 1. The van der Waals surface area contributed by atoms with E-state index in [9.17, 15) is 0 Å². The first-order valence-corrected chi connectivity index (χ1v) is 10.3. The van der Waals surface area contributed by atoms with E-state index in [1.807, 2.05) is 0 Å². The molecule has 3 rings (SSSR count). The van der Waals surface area contributed by atoms with Gasteiger partial charge in [0.15, 0.2) is 5.96 Å². The van der Waals surface area contributed by atoms with E-state index in [1.54, 1.807) is 0 Å². The van der Waals surface area contributed by atoms with E-state index < -0.39 is 0 Å². The lowest BCUT2D eigenvalue weighted by Gasteiger charge is -2.34. The Bertz CT molecular complexity index is 724. The van der Waals surface area contributed by atoms with Gasteiger partial charge in [-0.05, 0) is 31.9 Å². The van der Waals surface area contributed by atoms with E-state index in [4.69, 9.17) is 9.98 Å². The van der Waals surface area contributed by atoms with Gasteiger partial charge in [-0.2, -0.15) is 11.8 Å². The summed E-state index contributed by atoms with van der Waals surface area (Å²) in [5, 5.41) is 4.18. The second-order valence-electron chi connectivity index (χ2n) is 6.49. The predicted molar refractivity (Wildman–Crippen MR) is 108 cm³/mol. The van der Waals surface area contributed by atoms with E-state index in [1.165, 1.54) is 17.7 Å². The summed E-state index contributed by atoms with van der Waals surface area (Å²) >= 11 is 2.09. The van der Waals surface area contributed by atoms with Gasteiger partial charge in [0.05, 0.1) is 5.69 Å². The van der Waals surface area contributed by atoms with Crippen molar-refractivity contribution >= 4 is 23.4 Å². The Labute approximate surface area is 154 Å². The van der Waals surface area contributed by atoms with Gasteiger partial charge >= 0.3 is 0 Å². The normalized spacial score (nSPS) is 18.8. The first-order valence-electron chi connectivity index (χ1n) is 9.29. The van der Waals surface area contributed by atoms with Crippen LogP contribution in [0.1, 0.15) is 31.5 Å². The molecule has 1 aliphatic heterocycles. The molecule has 2 aromatic rings. The van der Waals surface area contributed by atoms with Gasteiger partial charge in [-0.3, -0.25) is 4.99 Å². The van der Waals surface area contributed by atoms with Crippen LogP contribution < -0.4 is 5.32 Å². The zero-order chi connectivity index (χ0) is 17.6. The minimum atomic E-state index is 0.721. The summed E-state index contributed by atoms with van der Waals surface area (Å²) in [7, 11) is 0. The van der Waals surface area contributed by atoms with Crippen molar-refractivity contribution in [2.75, 3.05) is 31.9 Å². The molecule has 0 radical (unpaired) electrons. The molecular formula is C19H29N5S. The molecule has 0 aromatic carbocycles. The number of pyridine rings is 1. The number of nitrogens with one attached hydrogen (secondary N) is 1. The van der Waals surface area contributed by atoms with Crippen LogP contribution in [0.4, 0.5) is 0 Å². The van der Waals surface area contributed by atoms with Gasteiger partial charge in [0.2, 0.25) is 0 Å². The van der Waals surface area contributed by atoms with Crippen LogP contribution in [0.3, 0.4) is 0 Å². The molecule has 5 nitrogen and oxygen atoms in total. The molecule has 1 aliphatic rings. The fourth-order valence-electron chi connectivity index (χ4n) is 3.19. The predicted octanol–water partition coefficient (Wildman–Crippen LogP) is 2.98. The third kappa shape index (κ3) is 4.48. The van der Waals surface area contributed by atoms with Gasteiger partial charge in [-0.15, -0.1) is 0 Å². The van der Waals surface area contributed by atoms with E-state index in [-0.39, 0.29) is 0 Å². The average molecular weight is 360 g/mol. The monoisotopic (exact) mass is 359 g/mol. The number of aliphatic imine (C=N–C) groups is 1. The minimum absolute atomic E-state index is 0.721. The first-order chi connectivity index (χ1) is 12.2. The van der Waals surface area contributed by atoms with Crippen LogP contribution in [0.25, 0.3) is 5.65 Å². The van der Waals surface area contributed by atoms with Crippen LogP contribution >= 0.6 is 11.8 Å². The molecule has 1 unspecified atom stereocenters. The van der Waals surface area contributed by atoms with Crippen molar-refractivity contribution in [1.82, 2.24) is 19.6 Å². The van der Waals surface area contributed by atoms with Crippen LogP contribution in [0.5, 0.6) is 0 Å². The van der Waals surface area contributed by atoms with Crippen molar-refractivity contribution < 1.29 is 0 Å². The molecule has 136 valence electrons. The standard InChI is InChI=1S/C19H29N5S/c1-4-17-14-24(11-12-25-17)19(20-5-2)21-9-8-16-13-23-10-6-7-15(3)18(23)22-16/h6-7,10,13,17H,4-5,8-9,11-12,14H2,1-3H3,(H,20,21). The Hall–Kier alpha value is -1.69. The van der Waals surface area contributed by atoms with Gasteiger partial charge in [0.1, 0.15) is 5.65 Å². The van der Waals surface area contributed by atoms with Crippen molar-refractivity contribution in [3.63, 3.8) is 0 Å². The maximum atomic E-state index is 4.87. The highest BCUT2D eigenvalue weighted by molar-refractivity contribution is 8.00. The first kappa shape index (κ1) is 18.1. The summed E-state index contributed by atoms with van der Waals surface area (Å²) < 4.78 is 2.10. The Balaban J connectivity index is 1.65. The molecule has 1 fully saturated rings. The van der Waals surface area contributed by atoms with Gasteiger partial charge in [-0.25, -0.2) is 4.98 Å². The van der Waals surface area contributed by atoms with Gasteiger partial charge in [0, 0.05) is 56.0 Å². The average Bonchev–Trinajstić information content (AvgIpc) is 3.05.